The van der Waals surface area contributed by atoms with Gasteiger partial charge in [0.15, 0.2) is 0 Å². The Balaban J connectivity index is 2.63. The van der Waals surface area contributed by atoms with Crippen molar-refractivity contribution in [1.82, 2.24) is 4.98 Å². The van der Waals surface area contributed by atoms with Gasteiger partial charge in [0.2, 0.25) is 0 Å². The van der Waals surface area contributed by atoms with Gasteiger partial charge in [-0.2, -0.15) is 18.4 Å². The van der Waals surface area contributed by atoms with Crippen LogP contribution in [0.25, 0.3) is 11.1 Å². The Morgan fingerprint density at radius 3 is 2.33 bits per heavy atom. The maximum atomic E-state index is 13.4. The average molecular weight is 452 g/mol. The Morgan fingerprint density at radius 2 is 1.82 bits per heavy atom. The van der Waals surface area contributed by atoms with Crippen LogP contribution in [0, 0.1) is 16.7 Å². The molecule has 2 aromatic rings. The Labute approximate surface area is 193 Å². The smallest absolute Gasteiger partial charge is 0.355 e. The van der Waals surface area contributed by atoms with Crippen molar-refractivity contribution < 1.29 is 13.2 Å². The Hall–Kier alpha value is -3.59. The summed E-state index contributed by atoms with van der Waals surface area (Å²) in [6.45, 7) is 20.3. The van der Waals surface area contributed by atoms with Crippen molar-refractivity contribution in [2.45, 2.75) is 40.3 Å². The van der Waals surface area contributed by atoms with Gasteiger partial charge in [0.1, 0.15) is 11.8 Å². The number of rotatable bonds is 7. The first-order chi connectivity index (χ1) is 15.3. The lowest BCUT2D eigenvalue weighted by Crippen LogP contribution is -2.11. The Morgan fingerprint density at radius 1 is 1.15 bits per heavy atom. The summed E-state index contributed by atoms with van der Waals surface area (Å²) in [4.78, 5) is 3.91. The molecule has 0 aliphatic heterocycles. The van der Waals surface area contributed by atoms with Crippen LogP contribution in [-0.4, -0.2) is 4.98 Å². The highest BCUT2D eigenvalue weighted by Gasteiger charge is 2.31. The fourth-order valence-electron chi connectivity index (χ4n) is 3.51. The molecular formula is C27H28F3N3. The maximum absolute atomic E-state index is 13.4. The normalized spacial score (nSPS) is 12.4. The topological polar surface area (TPSA) is 48.7 Å². The number of pyridine rings is 1. The van der Waals surface area contributed by atoms with Crippen molar-refractivity contribution in [1.29, 1.82) is 5.26 Å². The number of aromatic nitrogens is 1. The number of allylic oxidation sites excluding steroid dienone is 3. The van der Waals surface area contributed by atoms with Crippen molar-refractivity contribution in [3.8, 4) is 17.2 Å². The molecule has 0 spiro atoms. The molecule has 1 aromatic heterocycles. The van der Waals surface area contributed by atoms with Crippen molar-refractivity contribution >= 4 is 5.69 Å². The Bertz CT molecular complexity index is 1160. The molecule has 0 saturated carbocycles. The largest absolute Gasteiger partial charge is 0.416 e. The van der Waals surface area contributed by atoms with Gasteiger partial charge in [-0.1, -0.05) is 46.6 Å². The van der Waals surface area contributed by atoms with Crippen LogP contribution in [0.3, 0.4) is 0 Å². The molecule has 1 heterocycles. The zero-order valence-corrected chi connectivity index (χ0v) is 19.4. The summed E-state index contributed by atoms with van der Waals surface area (Å²) >= 11 is 0. The van der Waals surface area contributed by atoms with Crippen LogP contribution in [0.15, 0.2) is 84.8 Å². The third kappa shape index (κ3) is 6.69. The lowest BCUT2D eigenvalue weighted by Gasteiger charge is -2.24. The van der Waals surface area contributed by atoms with Gasteiger partial charge >= 0.3 is 6.18 Å². The third-order valence-electron chi connectivity index (χ3n) is 4.83. The lowest BCUT2D eigenvalue weighted by atomic mass is 9.84. The lowest BCUT2D eigenvalue weighted by molar-refractivity contribution is -0.137. The van der Waals surface area contributed by atoms with Crippen LogP contribution < -0.4 is 5.32 Å². The van der Waals surface area contributed by atoms with Crippen LogP contribution in [0.5, 0.6) is 0 Å². The maximum Gasteiger partial charge on any atom is 0.416 e. The highest BCUT2D eigenvalue weighted by atomic mass is 19.4. The van der Waals surface area contributed by atoms with E-state index in [1.807, 2.05) is 13.0 Å². The minimum Gasteiger partial charge on any atom is -0.355 e. The summed E-state index contributed by atoms with van der Waals surface area (Å²) in [6, 6.07) is 8.37. The molecule has 2 rings (SSSR count). The molecule has 0 amide bonds. The van der Waals surface area contributed by atoms with Gasteiger partial charge in [-0.25, -0.2) is 4.98 Å². The first-order valence-electron chi connectivity index (χ1n) is 10.3. The average Bonchev–Trinajstić information content (AvgIpc) is 2.71. The number of alkyl halides is 3. The summed E-state index contributed by atoms with van der Waals surface area (Å²) < 4.78 is 40.3. The second-order valence-corrected chi connectivity index (χ2v) is 9.03. The molecule has 0 radical (unpaired) electrons. The van der Waals surface area contributed by atoms with Gasteiger partial charge in [0.25, 0.3) is 0 Å². The van der Waals surface area contributed by atoms with Gasteiger partial charge in [-0.15, -0.1) is 0 Å². The zero-order chi connectivity index (χ0) is 25.0. The minimum absolute atomic E-state index is 0.0191. The van der Waals surface area contributed by atoms with E-state index in [-0.39, 0.29) is 16.7 Å². The molecule has 172 valence electrons. The predicted octanol–water partition coefficient (Wildman–Crippen LogP) is 8.06. The standard InChI is InChI=1S/C27H28F3N3/c1-8-19(15-26(5,6)7)25(17(2)3)18(4)33-24-10-9-21(27(28,29)30)14-23(24)20-11-12-32-22(13-20)16-31/h8-14,33H,1-2,4,15H2,3,5-7H3/b25-19+. The van der Waals surface area contributed by atoms with Crippen molar-refractivity contribution in [3.05, 3.63) is 96.0 Å². The number of benzene rings is 1. The van der Waals surface area contributed by atoms with Gasteiger partial charge in [0.05, 0.1) is 5.56 Å². The summed E-state index contributed by atoms with van der Waals surface area (Å²) in [5.41, 5.74) is 3.40. The molecule has 1 N–H and O–H groups in total. The van der Waals surface area contributed by atoms with Crippen molar-refractivity contribution in [3.63, 3.8) is 0 Å². The fourth-order valence-corrected chi connectivity index (χ4v) is 3.51. The molecule has 1 aromatic carbocycles. The van der Waals surface area contributed by atoms with E-state index in [0.717, 1.165) is 35.3 Å². The molecule has 0 saturated heterocycles. The second-order valence-electron chi connectivity index (χ2n) is 9.03. The van der Waals surface area contributed by atoms with Gasteiger partial charge in [-0.05, 0) is 65.8 Å². The van der Waals surface area contributed by atoms with Crippen LogP contribution in [-0.2, 0) is 6.18 Å². The molecule has 0 atom stereocenters. The van der Waals surface area contributed by atoms with E-state index >= 15 is 0 Å². The SMILES string of the molecule is C=C/C(CC(C)(C)C)=C(/C(=C)C)C(=C)Nc1ccc(C(F)(F)F)cc1-c1ccnc(C#N)c1. The number of hydrogen-bond acceptors (Lipinski definition) is 3. The number of nitrogens with zero attached hydrogens (tertiary/aromatic N) is 2. The molecule has 0 bridgehead atoms. The van der Waals surface area contributed by atoms with E-state index in [4.69, 9.17) is 0 Å². The minimum atomic E-state index is -4.51. The van der Waals surface area contributed by atoms with E-state index in [0.29, 0.717) is 16.9 Å². The molecule has 6 heteroatoms. The highest BCUT2D eigenvalue weighted by Crippen LogP contribution is 2.38. The molecule has 3 nitrogen and oxygen atoms in total. The summed E-state index contributed by atoms with van der Waals surface area (Å²) in [6.07, 6.45) is -0.640. The molecule has 33 heavy (non-hydrogen) atoms. The molecule has 0 fully saturated rings. The number of halogens is 3. The number of hydrogen-bond donors (Lipinski definition) is 1. The van der Waals surface area contributed by atoms with Gasteiger partial charge in [0, 0.05) is 28.7 Å². The number of nitriles is 1. The van der Waals surface area contributed by atoms with E-state index in [1.165, 1.54) is 18.3 Å². The first-order valence-corrected chi connectivity index (χ1v) is 10.3. The second kappa shape index (κ2) is 9.91. The monoisotopic (exact) mass is 451 g/mol. The fraction of sp³-hybridized carbons (Fsp3) is 0.259. The zero-order valence-electron chi connectivity index (χ0n) is 19.4. The van der Waals surface area contributed by atoms with Crippen molar-refractivity contribution in [2.24, 2.45) is 5.41 Å². The van der Waals surface area contributed by atoms with Gasteiger partial charge in [-0.3, -0.25) is 0 Å². The third-order valence-corrected chi connectivity index (χ3v) is 4.83. The molecule has 0 aliphatic rings. The molecular weight excluding hydrogens is 423 g/mol. The Kier molecular flexibility index (Phi) is 7.71. The quantitative estimate of drug-likeness (QED) is 0.433. The highest BCUT2D eigenvalue weighted by molar-refractivity contribution is 5.81. The first kappa shape index (κ1) is 25.7. The summed E-state index contributed by atoms with van der Waals surface area (Å²) in [5.74, 6) is 0. The van der Waals surface area contributed by atoms with Crippen LogP contribution in [0.4, 0.5) is 18.9 Å². The van der Waals surface area contributed by atoms with E-state index in [9.17, 15) is 18.4 Å². The molecule has 0 aliphatic carbocycles. The summed E-state index contributed by atoms with van der Waals surface area (Å²) in [7, 11) is 0. The van der Waals surface area contributed by atoms with Crippen molar-refractivity contribution in [2.75, 3.05) is 5.32 Å². The van der Waals surface area contributed by atoms with Crippen LogP contribution >= 0.6 is 0 Å². The van der Waals surface area contributed by atoms with E-state index < -0.39 is 11.7 Å². The number of anilines is 1. The van der Waals surface area contributed by atoms with E-state index in [1.54, 1.807) is 12.1 Å². The molecule has 0 unspecified atom stereocenters. The van der Waals surface area contributed by atoms with E-state index in [2.05, 4.69) is 50.8 Å². The van der Waals surface area contributed by atoms with Gasteiger partial charge < -0.3 is 5.32 Å². The predicted molar refractivity (Wildman–Crippen MR) is 128 cm³/mol. The van der Waals surface area contributed by atoms with Crippen LogP contribution in [0.2, 0.25) is 0 Å². The van der Waals surface area contributed by atoms with Crippen LogP contribution in [0.1, 0.15) is 45.4 Å². The summed E-state index contributed by atoms with van der Waals surface area (Å²) in [5, 5.41) is 12.4. The number of nitrogens with one attached hydrogen (secondary N) is 1.